The van der Waals surface area contributed by atoms with Crippen LogP contribution in [0.15, 0.2) is 42.5 Å². The van der Waals surface area contributed by atoms with Gasteiger partial charge in [0, 0.05) is 36.8 Å². The van der Waals surface area contributed by atoms with E-state index in [1.54, 1.807) is 4.90 Å². The maximum atomic E-state index is 13.7. The van der Waals surface area contributed by atoms with Gasteiger partial charge in [-0.15, -0.1) is 0 Å². The van der Waals surface area contributed by atoms with E-state index in [2.05, 4.69) is 39.1 Å². The third-order valence-corrected chi connectivity index (χ3v) is 11.1. The maximum absolute atomic E-state index is 13.7. The quantitative estimate of drug-likeness (QED) is 0.212. The van der Waals surface area contributed by atoms with Crippen LogP contribution in [0.1, 0.15) is 86.9 Å². The second kappa shape index (κ2) is 17.0. The van der Waals surface area contributed by atoms with Crippen molar-refractivity contribution >= 4 is 29.9 Å². The number of nitrogens with one attached hydrogen (secondary N) is 4. The Morgan fingerprint density at radius 2 is 1.40 bits per heavy atom. The fraction of sp³-hybridized carbons (Fsp3) is 0.512. The lowest BCUT2D eigenvalue weighted by Crippen LogP contribution is -2.54. The summed E-state index contributed by atoms with van der Waals surface area (Å²) in [6.45, 7) is 9.04. The van der Waals surface area contributed by atoms with E-state index < -0.39 is 24.3 Å². The summed E-state index contributed by atoms with van der Waals surface area (Å²) in [4.78, 5) is 76.2. The van der Waals surface area contributed by atoms with Crippen LogP contribution in [0.5, 0.6) is 0 Å². The number of amides is 5. The predicted molar refractivity (Wildman–Crippen MR) is 206 cm³/mol. The number of benzene rings is 2. The molecule has 0 saturated carbocycles. The first-order chi connectivity index (χ1) is 26.4. The molecule has 294 valence electrons. The molecule has 3 aliphatic rings. The van der Waals surface area contributed by atoms with E-state index in [-0.39, 0.29) is 41.6 Å². The van der Waals surface area contributed by atoms with Crippen molar-refractivity contribution in [1.29, 1.82) is 0 Å². The van der Waals surface area contributed by atoms with Crippen molar-refractivity contribution in [2.24, 2.45) is 11.8 Å². The molecular formula is C41H53N7O7. The van der Waals surface area contributed by atoms with Gasteiger partial charge in [-0.3, -0.25) is 14.4 Å². The number of imidazole rings is 1. The molecule has 55 heavy (non-hydrogen) atoms. The highest BCUT2D eigenvalue weighted by Gasteiger charge is 2.39. The van der Waals surface area contributed by atoms with Crippen molar-refractivity contribution in [3.63, 3.8) is 0 Å². The van der Waals surface area contributed by atoms with Crippen molar-refractivity contribution in [2.75, 3.05) is 33.9 Å². The summed E-state index contributed by atoms with van der Waals surface area (Å²) in [5, 5.41) is 8.37. The van der Waals surface area contributed by atoms with Crippen LogP contribution < -0.4 is 16.0 Å². The number of fused-ring (bicyclic) bond motifs is 3. The van der Waals surface area contributed by atoms with Crippen LogP contribution in [-0.2, 0) is 31.9 Å². The average Bonchev–Trinajstić information content (AvgIpc) is 3.97. The molecule has 2 saturated heterocycles. The Bertz CT molecular complexity index is 1910. The number of carbonyl (C=O) groups excluding carboxylic acids is 5. The number of aryl methyl sites for hydroxylation is 2. The summed E-state index contributed by atoms with van der Waals surface area (Å²) in [5.41, 5.74) is 6.80. The first kappa shape index (κ1) is 39.3. The Labute approximate surface area is 322 Å². The summed E-state index contributed by atoms with van der Waals surface area (Å²) < 4.78 is 9.49. The van der Waals surface area contributed by atoms with Crippen LogP contribution in [0.25, 0.3) is 22.4 Å². The smallest absolute Gasteiger partial charge is 0.407 e. The topological polar surface area (TPSA) is 175 Å². The van der Waals surface area contributed by atoms with E-state index in [0.29, 0.717) is 25.2 Å². The molecule has 3 aromatic rings. The van der Waals surface area contributed by atoms with Crippen molar-refractivity contribution in [2.45, 2.75) is 90.4 Å². The number of methoxy groups -OCH3 is 2. The zero-order chi connectivity index (χ0) is 39.4. The van der Waals surface area contributed by atoms with E-state index in [4.69, 9.17) is 14.5 Å². The number of carbonyl (C=O) groups is 5. The van der Waals surface area contributed by atoms with Crippen molar-refractivity contribution in [3.05, 3.63) is 65.1 Å². The minimum Gasteiger partial charge on any atom is -0.453 e. The molecular weight excluding hydrogens is 702 g/mol. The van der Waals surface area contributed by atoms with E-state index in [9.17, 15) is 24.0 Å². The van der Waals surface area contributed by atoms with E-state index in [1.165, 1.54) is 19.8 Å². The third kappa shape index (κ3) is 8.47. The normalized spacial score (nSPS) is 18.7. The molecule has 6 rings (SSSR count). The van der Waals surface area contributed by atoms with Crippen LogP contribution in [0, 0.1) is 11.8 Å². The lowest BCUT2D eigenvalue weighted by atomic mass is 9.89. The Morgan fingerprint density at radius 3 is 2.04 bits per heavy atom. The van der Waals surface area contributed by atoms with Crippen molar-refractivity contribution in [3.8, 4) is 22.4 Å². The first-order valence-corrected chi connectivity index (χ1v) is 19.3. The molecule has 14 nitrogen and oxygen atoms in total. The molecule has 4 atom stereocenters. The molecule has 1 aromatic heterocycles. The Balaban J connectivity index is 1.10. The number of ether oxygens (including phenoxy) is 2. The SMILES string of the molecule is COC(=O)N[C@H](C(=O)N1CCC[C@H]1CNC(=O)c1ccc(-c2ccc3c(c2)CCc2nc([C@@H]4CCCN4C(=O)[C@@H](NC(=O)OC)C(C)C)[nH]c2-3)cc1)C(C)C. The van der Waals surface area contributed by atoms with Gasteiger partial charge in [0.2, 0.25) is 11.8 Å². The van der Waals surface area contributed by atoms with Crippen LogP contribution in [0.2, 0.25) is 0 Å². The standard InChI is InChI=1S/C41H53N7O7/c1-23(2)33(45-40(52)54-5)38(50)47-19-7-9-29(47)22-42-37(49)26-13-11-25(12-14-26)27-15-17-30-28(21-27)16-18-31-35(30)44-36(43-31)32-10-8-20-48(32)39(51)34(24(3)4)46-41(53)55-6/h11-15,17,21,23-24,29,32-34H,7-10,16,18-20,22H2,1-6H3,(H,42,49)(H,43,44)(H,45,52)(H,46,53)/t29-,32-,33-,34-/m0/s1. The zero-order valence-electron chi connectivity index (χ0n) is 32.6. The summed E-state index contributed by atoms with van der Waals surface area (Å²) in [6.07, 6.45) is 3.54. The summed E-state index contributed by atoms with van der Waals surface area (Å²) >= 11 is 0. The number of aromatic amines is 1. The highest BCUT2D eigenvalue weighted by atomic mass is 16.5. The van der Waals surface area contributed by atoms with E-state index >= 15 is 0 Å². The molecule has 5 amide bonds. The van der Waals surface area contributed by atoms with Crippen molar-refractivity contribution < 1.29 is 33.4 Å². The molecule has 2 aliphatic heterocycles. The lowest BCUT2D eigenvalue weighted by Gasteiger charge is -2.30. The van der Waals surface area contributed by atoms with Crippen LogP contribution in [-0.4, -0.2) is 102 Å². The molecule has 0 radical (unpaired) electrons. The van der Waals surface area contributed by atoms with E-state index in [1.807, 2.05) is 56.9 Å². The second-order valence-corrected chi connectivity index (χ2v) is 15.3. The van der Waals surface area contributed by atoms with Crippen LogP contribution in [0.3, 0.4) is 0 Å². The maximum Gasteiger partial charge on any atom is 0.407 e. The zero-order valence-corrected chi connectivity index (χ0v) is 32.6. The minimum absolute atomic E-state index is 0.110. The molecule has 4 N–H and O–H groups in total. The van der Waals surface area contributed by atoms with Gasteiger partial charge in [-0.25, -0.2) is 14.6 Å². The fourth-order valence-electron chi connectivity index (χ4n) is 8.00. The summed E-state index contributed by atoms with van der Waals surface area (Å²) in [7, 11) is 2.56. The van der Waals surface area contributed by atoms with Gasteiger partial charge in [0.05, 0.1) is 31.6 Å². The van der Waals surface area contributed by atoms with Crippen LogP contribution >= 0.6 is 0 Å². The number of likely N-dealkylation sites (tertiary alicyclic amines) is 2. The minimum atomic E-state index is -0.707. The lowest BCUT2D eigenvalue weighted by molar-refractivity contribution is -0.136. The highest BCUT2D eigenvalue weighted by Crippen LogP contribution is 2.38. The Morgan fingerprint density at radius 1 is 0.800 bits per heavy atom. The van der Waals surface area contributed by atoms with Gasteiger partial charge in [-0.05, 0) is 79.2 Å². The number of hydrogen-bond donors (Lipinski definition) is 4. The third-order valence-electron chi connectivity index (χ3n) is 11.1. The summed E-state index contributed by atoms with van der Waals surface area (Å²) in [5.74, 6) is 0.0142. The van der Waals surface area contributed by atoms with Crippen LogP contribution in [0.4, 0.5) is 9.59 Å². The van der Waals surface area contributed by atoms with Gasteiger partial charge < -0.3 is 40.2 Å². The molecule has 0 unspecified atom stereocenters. The fourth-order valence-corrected chi connectivity index (χ4v) is 8.00. The van der Waals surface area contributed by atoms with Gasteiger partial charge in [-0.2, -0.15) is 0 Å². The molecule has 3 heterocycles. The molecule has 0 spiro atoms. The van der Waals surface area contributed by atoms with Gasteiger partial charge in [0.15, 0.2) is 0 Å². The van der Waals surface area contributed by atoms with Gasteiger partial charge in [0.25, 0.3) is 5.91 Å². The molecule has 2 aromatic carbocycles. The Hall–Kier alpha value is -5.40. The molecule has 2 fully saturated rings. The van der Waals surface area contributed by atoms with Gasteiger partial charge in [0.1, 0.15) is 17.9 Å². The van der Waals surface area contributed by atoms with Gasteiger partial charge >= 0.3 is 12.2 Å². The number of alkyl carbamates (subject to hydrolysis) is 2. The summed E-state index contributed by atoms with van der Waals surface area (Å²) in [6, 6.07) is 12.1. The van der Waals surface area contributed by atoms with Crippen molar-refractivity contribution in [1.82, 2.24) is 35.7 Å². The molecule has 14 heteroatoms. The van der Waals surface area contributed by atoms with E-state index in [0.717, 1.165) is 72.4 Å². The average molecular weight is 756 g/mol. The second-order valence-electron chi connectivity index (χ2n) is 15.3. The number of aromatic nitrogens is 2. The molecule has 0 bridgehead atoms. The number of nitrogens with zero attached hydrogens (tertiary/aromatic N) is 3. The Kier molecular flexibility index (Phi) is 12.1. The largest absolute Gasteiger partial charge is 0.453 e. The monoisotopic (exact) mass is 755 g/mol. The van der Waals surface area contributed by atoms with Gasteiger partial charge in [-0.1, -0.05) is 58.0 Å². The highest BCUT2D eigenvalue weighted by molar-refractivity contribution is 5.95. The number of rotatable bonds is 11. The number of H-pyrrole nitrogens is 1. The molecule has 1 aliphatic carbocycles. The predicted octanol–water partition coefficient (Wildman–Crippen LogP) is 4.99. The number of hydrogen-bond acceptors (Lipinski definition) is 8. The first-order valence-electron chi connectivity index (χ1n) is 19.3.